The van der Waals surface area contributed by atoms with Gasteiger partial charge >= 0.3 is 5.56 Å². The number of aromatic amines is 1. The number of aromatic nitrogens is 2. The molecule has 0 aliphatic rings. The normalized spacial score (nSPS) is 11.2. The first kappa shape index (κ1) is 17.4. The van der Waals surface area contributed by atoms with Crippen molar-refractivity contribution in [3.8, 4) is 22.4 Å². The second-order valence-corrected chi connectivity index (χ2v) is 7.49. The van der Waals surface area contributed by atoms with E-state index in [1.54, 1.807) is 0 Å². The molecule has 0 spiro atoms. The van der Waals surface area contributed by atoms with E-state index >= 15 is 0 Å². The Morgan fingerprint density at radius 1 is 0.655 bits per heavy atom. The molecular weight excluding hydrogens is 356 g/mol. The fourth-order valence-electron chi connectivity index (χ4n) is 3.91. The minimum atomic E-state index is -0.0873. The van der Waals surface area contributed by atoms with Crippen LogP contribution >= 0.6 is 0 Å². The molecule has 3 nitrogen and oxygen atoms in total. The molecule has 0 radical (unpaired) electrons. The third-order valence-electron chi connectivity index (χ3n) is 5.58. The Bertz CT molecular complexity index is 1420. The maximum atomic E-state index is 13.1. The Kier molecular flexibility index (Phi) is 4.02. The fraction of sp³-hybridized carbons (Fsp3) is 0.0769. The van der Waals surface area contributed by atoms with Gasteiger partial charge in [0.1, 0.15) is 5.52 Å². The van der Waals surface area contributed by atoms with Gasteiger partial charge in [-0.2, -0.15) is 0 Å². The number of nitrogens with zero attached hydrogens (tertiary/aromatic N) is 1. The highest BCUT2D eigenvalue weighted by atomic mass is 16.1. The van der Waals surface area contributed by atoms with Crippen molar-refractivity contribution < 1.29 is 4.40 Å². The molecule has 1 N–H and O–H groups in total. The summed E-state index contributed by atoms with van der Waals surface area (Å²) in [5, 5.41) is 0. The van der Waals surface area contributed by atoms with Gasteiger partial charge in [-0.3, -0.25) is 4.79 Å². The molecule has 0 fully saturated rings. The molecule has 0 atom stereocenters. The average molecular weight is 377 g/mol. The first-order valence-corrected chi connectivity index (χ1v) is 9.76. The quantitative estimate of drug-likeness (QED) is 0.332. The minimum absolute atomic E-state index is 0.0873. The van der Waals surface area contributed by atoms with Crippen molar-refractivity contribution in [3.63, 3.8) is 0 Å². The summed E-state index contributed by atoms with van der Waals surface area (Å²) in [6, 6.07) is 28.8. The minimum Gasteiger partial charge on any atom is -0.311 e. The van der Waals surface area contributed by atoms with Gasteiger partial charge in [0, 0.05) is 23.8 Å². The second kappa shape index (κ2) is 6.71. The number of hydrogen-bond acceptors (Lipinski definition) is 1. The number of pyridine rings is 1. The Balaban J connectivity index is 1.98. The summed E-state index contributed by atoms with van der Waals surface area (Å²) in [6.07, 6.45) is 0. The van der Waals surface area contributed by atoms with Crippen molar-refractivity contribution in [2.75, 3.05) is 0 Å². The maximum absolute atomic E-state index is 13.1. The highest BCUT2D eigenvalue weighted by Gasteiger charge is 2.22. The third kappa shape index (κ3) is 2.92. The summed E-state index contributed by atoms with van der Waals surface area (Å²) < 4.78 is 2.09. The van der Waals surface area contributed by atoms with Gasteiger partial charge in [-0.1, -0.05) is 48.5 Å². The number of aryl methyl sites for hydroxylation is 2. The lowest BCUT2D eigenvalue weighted by Crippen LogP contribution is -2.33. The van der Waals surface area contributed by atoms with E-state index in [0.717, 1.165) is 39.0 Å². The van der Waals surface area contributed by atoms with Crippen molar-refractivity contribution in [2.24, 2.45) is 0 Å². The van der Waals surface area contributed by atoms with Crippen LogP contribution < -0.4 is 9.96 Å². The number of rotatable bonds is 2. The lowest BCUT2D eigenvalue weighted by atomic mass is 10.0. The first-order chi connectivity index (χ1) is 14.1. The van der Waals surface area contributed by atoms with E-state index in [0.29, 0.717) is 5.52 Å². The molecule has 0 amide bonds. The van der Waals surface area contributed by atoms with Gasteiger partial charge < -0.3 is 4.98 Å². The molecule has 0 unspecified atom stereocenters. The molecule has 2 heterocycles. The van der Waals surface area contributed by atoms with Crippen LogP contribution in [-0.2, 0) is 0 Å². The summed E-state index contributed by atoms with van der Waals surface area (Å²) in [6.45, 7) is 4.17. The van der Waals surface area contributed by atoms with Crippen LogP contribution in [0.3, 0.4) is 0 Å². The third-order valence-corrected chi connectivity index (χ3v) is 5.58. The molecule has 5 rings (SSSR count). The van der Waals surface area contributed by atoms with Crippen LogP contribution in [0.5, 0.6) is 0 Å². The van der Waals surface area contributed by atoms with E-state index in [1.807, 2.05) is 42.5 Å². The molecular formula is C26H21N2O+. The van der Waals surface area contributed by atoms with Gasteiger partial charge in [-0.15, -0.1) is 4.40 Å². The van der Waals surface area contributed by atoms with Crippen LogP contribution in [0.2, 0.25) is 0 Å². The Hall–Kier alpha value is -3.72. The van der Waals surface area contributed by atoms with Crippen molar-refractivity contribution in [2.45, 2.75) is 13.8 Å². The van der Waals surface area contributed by atoms with Crippen molar-refractivity contribution in [3.05, 3.63) is 106 Å². The zero-order valence-corrected chi connectivity index (χ0v) is 16.4. The summed E-state index contributed by atoms with van der Waals surface area (Å²) >= 11 is 0. The molecule has 3 aromatic carbocycles. The zero-order valence-electron chi connectivity index (χ0n) is 16.4. The Morgan fingerprint density at radius 2 is 1.28 bits per heavy atom. The topological polar surface area (TPSA) is 37.0 Å². The molecule has 0 aliphatic carbocycles. The number of nitrogens with one attached hydrogen (secondary N) is 1. The SMILES string of the molecule is Cc1cc2[nH]c(=O)c3cc(-c4ccccc4)cc(-c4ccccc4)[n+]3c2cc1C. The van der Waals surface area contributed by atoms with E-state index in [4.69, 9.17) is 0 Å². The lowest BCUT2D eigenvalue weighted by molar-refractivity contribution is -0.470. The van der Waals surface area contributed by atoms with Crippen LogP contribution in [0.15, 0.2) is 89.7 Å². The number of benzene rings is 3. The predicted octanol–water partition coefficient (Wildman–Crippen LogP) is 5.22. The molecule has 5 aromatic rings. The van der Waals surface area contributed by atoms with Gasteiger partial charge in [0.15, 0.2) is 0 Å². The van der Waals surface area contributed by atoms with E-state index in [9.17, 15) is 4.79 Å². The van der Waals surface area contributed by atoms with Crippen LogP contribution in [-0.4, -0.2) is 4.98 Å². The fourth-order valence-corrected chi connectivity index (χ4v) is 3.91. The Labute approximate surface area is 168 Å². The van der Waals surface area contributed by atoms with Crippen molar-refractivity contribution >= 4 is 16.6 Å². The molecule has 0 saturated carbocycles. The molecule has 140 valence electrons. The summed E-state index contributed by atoms with van der Waals surface area (Å²) in [7, 11) is 0. The smallest absolute Gasteiger partial charge is 0.311 e. The zero-order chi connectivity index (χ0) is 20.0. The van der Waals surface area contributed by atoms with Crippen molar-refractivity contribution in [1.29, 1.82) is 0 Å². The summed E-state index contributed by atoms with van der Waals surface area (Å²) in [5.41, 5.74) is 8.95. The van der Waals surface area contributed by atoms with Crippen LogP contribution in [0, 0.1) is 13.8 Å². The highest BCUT2D eigenvalue weighted by Crippen LogP contribution is 2.26. The molecule has 2 aromatic heterocycles. The first-order valence-electron chi connectivity index (χ1n) is 9.76. The summed E-state index contributed by atoms with van der Waals surface area (Å²) in [5.74, 6) is 0. The monoisotopic (exact) mass is 377 g/mol. The number of H-pyrrole nitrogens is 1. The molecule has 0 saturated heterocycles. The lowest BCUT2D eigenvalue weighted by Gasteiger charge is -2.08. The van der Waals surface area contributed by atoms with Gasteiger partial charge in [-0.25, -0.2) is 0 Å². The van der Waals surface area contributed by atoms with E-state index in [-0.39, 0.29) is 5.56 Å². The number of hydrogen-bond donors (Lipinski definition) is 1. The second-order valence-electron chi connectivity index (χ2n) is 7.49. The molecule has 29 heavy (non-hydrogen) atoms. The van der Waals surface area contributed by atoms with Gasteiger partial charge in [0.25, 0.3) is 5.52 Å². The molecule has 0 bridgehead atoms. The predicted molar refractivity (Wildman–Crippen MR) is 118 cm³/mol. The summed E-state index contributed by atoms with van der Waals surface area (Å²) in [4.78, 5) is 16.2. The van der Waals surface area contributed by atoms with Gasteiger partial charge in [0.2, 0.25) is 11.2 Å². The van der Waals surface area contributed by atoms with Gasteiger partial charge in [0.05, 0.1) is 0 Å². The number of fused-ring (bicyclic) bond motifs is 3. The van der Waals surface area contributed by atoms with Crippen LogP contribution in [0.25, 0.3) is 38.9 Å². The molecule has 0 aliphatic heterocycles. The van der Waals surface area contributed by atoms with E-state index < -0.39 is 0 Å². The van der Waals surface area contributed by atoms with Crippen molar-refractivity contribution in [1.82, 2.24) is 4.98 Å². The molecule has 3 heteroatoms. The average Bonchev–Trinajstić information content (AvgIpc) is 2.76. The highest BCUT2D eigenvalue weighted by molar-refractivity contribution is 5.78. The van der Waals surface area contributed by atoms with E-state index in [1.165, 1.54) is 5.56 Å². The van der Waals surface area contributed by atoms with Crippen LogP contribution in [0.4, 0.5) is 0 Å². The van der Waals surface area contributed by atoms with E-state index in [2.05, 4.69) is 65.7 Å². The standard InChI is InChI=1S/C26H20N2O/c1-17-13-22-24(14-18(17)2)28-23(20-11-7-4-8-12-20)15-21(16-25(28)26(29)27-22)19-9-5-3-6-10-19/h3-16H,1-2H3/p+1. The van der Waals surface area contributed by atoms with Gasteiger partial charge in [-0.05, 0) is 54.3 Å². The maximum Gasteiger partial charge on any atom is 0.321 e. The van der Waals surface area contributed by atoms with Crippen LogP contribution in [0.1, 0.15) is 11.1 Å². The largest absolute Gasteiger partial charge is 0.321 e. The Morgan fingerprint density at radius 3 is 1.97 bits per heavy atom.